The van der Waals surface area contributed by atoms with Crippen molar-refractivity contribution in [2.24, 2.45) is 11.7 Å². The highest BCUT2D eigenvalue weighted by Gasteiger charge is 2.29. The number of hydrogen-bond donors (Lipinski definition) is 1. The highest BCUT2D eigenvalue weighted by molar-refractivity contribution is 5.36. The van der Waals surface area contributed by atoms with Gasteiger partial charge in [-0.3, -0.25) is 0 Å². The van der Waals surface area contributed by atoms with Crippen molar-refractivity contribution in [1.82, 2.24) is 0 Å². The first-order chi connectivity index (χ1) is 9.10. The quantitative estimate of drug-likeness (QED) is 0.889. The average molecular weight is 261 g/mol. The summed E-state index contributed by atoms with van der Waals surface area (Å²) in [5.41, 5.74) is 8.70. The van der Waals surface area contributed by atoms with Crippen LogP contribution in [0.15, 0.2) is 18.2 Å². The zero-order valence-corrected chi connectivity index (χ0v) is 12.5. The maximum atomic E-state index is 6.25. The molecule has 0 bridgehead atoms. The molecule has 1 aliphatic carbocycles. The molecule has 1 aliphatic rings. The van der Waals surface area contributed by atoms with E-state index >= 15 is 0 Å². The molecule has 0 aliphatic heterocycles. The van der Waals surface area contributed by atoms with E-state index in [2.05, 4.69) is 39.0 Å². The molecule has 0 heterocycles. The van der Waals surface area contributed by atoms with Gasteiger partial charge in [0.25, 0.3) is 0 Å². The molecule has 0 aromatic heterocycles. The summed E-state index contributed by atoms with van der Waals surface area (Å²) >= 11 is 0. The molecule has 2 nitrogen and oxygen atoms in total. The molecular weight excluding hydrogens is 234 g/mol. The van der Waals surface area contributed by atoms with Gasteiger partial charge in [-0.1, -0.05) is 31.9 Å². The highest BCUT2D eigenvalue weighted by Crippen LogP contribution is 2.31. The lowest BCUT2D eigenvalue weighted by atomic mass is 9.82. The van der Waals surface area contributed by atoms with Gasteiger partial charge in [0.05, 0.1) is 0 Å². The topological polar surface area (TPSA) is 35.2 Å². The molecule has 0 amide bonds. The van der Waals surface area contributed by atoms with Crippen molar-refractivity contribution in [3.05, 3.63) is 29.3 Å². The molecule has 106 valence electrons. The van der Waals surface area contributed by atoms with Crippen LogP contribution < -0.4 is 10.5 Å². The van der Waals surface area contributed by atoms with Crippen LogP contribution >= 0.6 is 0 Å². The van der Waals surface area contributed by atoms with E-state index in [1.807, 2.05) is 0 Å². The summed E-state index contributed by atoms with van der Waals surface area (Å²) in [6.07, 6.45) is 6.23. The smallest absolute Gasteiger partial charge is 0.122 e. The summed E-state index contributed by atoms with van der Waals surface area (Å²) in [5, 5.41) is 0. The van der Waals surface area contributed by atoms with Gasteiger partial charge in [-0.15, -0.1) is 0 Å². The third kappa shape index (κ3) is 3.73. The summed E-state index contributed by atoms with van der Waals surface area (Å²) in [5.74, 6) is 1.80. The van der Waals surface area contributed by atoms with Crippen molar-refractivity contribution in [2.45, 2.75) is 65.0 Å². The Balaban J connectivity index is 2.05. The molecule has 1 fully saturated rings. The van der Waals surface area contributed by atoms with Crippen LogP contribution in [0.5, 0.6) is 5.75 Å². The molecule has 1 aromatic rings. The van der Waals surface area contributed by atoms with Crippen molar-refractivity contribution in [2.75, 3.05) is 0 Å². The largest absolute Gasteiger partial charge is 0.489 e. The van der Waals surface area contributed by atoms with Crippen LogP contribution in [0.25, 0.3) is 0 Å². The molecule has 19 heavy (non-hydrogen) atoms. The Labute approximate surface area is 117 Å². The molecule has 1 saturated carbocycles. The minimum atomic E-state index is 0.186. The first-order valence-corrected chi connectivity index (χ1v) is 7.59. The van der Waals surface area contributed by atoms with E-state index in [1.54, 1.807) is 0 Å². The van der Waals surface area contributed by atoms with Gasteiger partial charge >= 0.3 is 0 Å². The average Bonchev–Trinajstić information content (AvgIpc) is 2.38. The zero-order chi connectivity index (χ0) is 13.8. The number of aryl methyl sites for hydroxylation is 2. The fourth-order valence-electron chi connectivity index (χ4n) is 3.04. The molecule has 0 saturated heterocycles. The Morgan fingerprint density at radius 1 is 1.26 bits per heavy atom. The van der Waals surface area contributed by atoms with E-state index in [0.717, 1.165) is 24.5 Å². The van der Waals surface area contributed by atoms with Gasteiger partial charge in [-0.05, 0) is 56.2 Å². The molecule has 2 heteroatoms. The highest BCUT2D eigenvalue weighted by atomic mass is 16.5. The van der Waals surface area contributed by atoms with E-state index in [4.69, 9.17) is 10.5 Å². The molecule has 2 rings (SSSR count). The van der Waals surface area contributed by atoms with Crippen molar-refractivity contribution in [3.8, 4) is 5.75 Å². The van der Waals surface area contributed by atoms with Crippen LogP contribution in [0, 0.1) is 19.8 Å². The van der Waals surface area contributed by atoms with Crippen LogP contribution in [-0.4, -0.2) is 12.1 Å². The van der Waals surface area contributed by atoms with Crippen molar-refractivity contribution in [1.29, 1.82) is 0 Å². The Kier molecular flexibility index (Phi) is 4.87. The van der Waals surface area contributed by atoms with Gasteiger partial charge in [0.1, 0.15) is 11.9 Å². The number of benzene rings is 1. The standard InChI is InChI=1S/C17H27NO/c1-4-5-14-8-9-15(18)17(11-14)19-16-10-12(2)6-7-13(16)3/h6-7,10,14-15,17H,4-5,8-9,11,18H2,1-3H3. The van der Waals surface area contributed by atoms with Gasteiger partial charge in [0.2, 0.25) is 0 Å². The van der Waals surface area contributed by atoms with Gasteiger partial charge < -0.3 is 10.5 Å². The van der Waals surface area contributed by atoms with Gasteiger partial charge in [-0.25, -0.2) is 0 Å². The third-order valence-corrected chi connectivity index (χ3v) is 4.27. The Morgan fingerprint density at radius 2 is 2.05 bits per heavy atom. The van der Waals surface area contributed by atoms with Gasteiger partial charge in [0, 0.05) is 6.04 Å². The molecule has 2 N–H and O–H groups in total. The second-order valence-electron chi connectivity index (χ2n) is 6.06. The van der Waals surface area contributed by atoms with E-state index < -0.39 is 0 Å². The van der Waals surface area contributed by atoms with E-state index in [-0.39, 0.29) is 12.1 Å². The Bertz CT molecular complexity index is 416. The number of nitrogens with two attached hydrogens (primary N) is 1. The number of hydrogen-bond acceptors (Lipinski definition) is 2. The molecule has 0 radical (unpaired) electrons. The molecular formula is C17H27NO. The first kappa shape index (κ1) is 14.4. The summed E-state index contributed by atoms with van der Waals surface area (Å²) in [6.45, 7) is 6.47. The summed E-state index contributed by atoms with van der Waals surface area (Å²) in [7, 11) is 0. The maximum absolute atomic E-state index is 6.25. The van der Waals surface area contributed by atoms with Gasteiger partial charge in [0.15, 0.2) is 0 Å². The SMILES string of the molecule is CCCC1CCC(N)C(Oc2cc(C)ccc2C)C1. The summed E-state index contributed by atoms with van der Waals surface area (Å²) in [4.78, 5) is 0. The van der Waals surface area contributed by atoms with Crippen LogP contribution in [-0.2, 0) is 0 Å². The normalized spacial score (nSPS) is 27.3. The Morgan fingerprint density at radius 3 is 2.79 bits per heavy atom. The second-order valence-corrected chi connectivity index (χ2v) is 6.06. The fourth-order valence-corrected chi connectivity index (χ4v) is 3.04. The Hall–Kier alpha value is -1.02. The molecule has 1 aromatic carbocycles. The fraction of sp³-hybridized carbons (Fsp3) is 0.647. The predicted octanol–water partition coefficient (Wildman–Crippen LogP) is 3.98. The lowest BCUT2D eigenvalue weighted by Gasteiger charge is -2.34. The van der Waals surface area contributed by atoms with Crippen LogP contribution in [0.4, 0.5) is 0 Å². The first-order valence-electron chi connectivity index (χ1n) is 7.59. The molecule has 0 spiro atoms. The van der Waals surface area contributed by atoms with E-state index in [9.17, 15) is 0 Å². The predicted molar refractivity (Wildman–Crippen MR) is 80.6 cm³/mol. The van der Waals surface area contributed by atoms with Crippen molar-refractivity contribution >= 4 is 0 Å². The minimum absolute atomic E-state index is 0.186. The van der Waals surface area contributed by atoms with Crippen molar-refractivity contribution < 1.29 is 4.74 Å². The monoisotopic (exact) mass is 261 g/mol. The van der Waals surface area contributed by atoms with E-state index in [1.165, 1.54) is 30.4 Å². The molecule has 3 atom stereocenters. The van der Waals surface area contributed by atoms with Crippen LogP contribution in [0.2, 0.25) is 0 Å². The lowest BCUT2D eigenvalue weighted by Crippen LogP contribution is -2.44. The zero-order valence-electron chi connectivity index (χ0n) is 12.5. The summed E-state index contributed by atoms with van der Waals surface area (Å²) < 4.78 is 6.23. The van der Waals surface area contributed by atoms with Crippen molar-refractivity contribution in [3.63, 3.8) is 0 Å². The molecule has 3 unspecified atom stereocenters. The van der Waals surface area contributed by atoms with Gasteiger partial charge in [-0.2, -0.15) is 0 Å². The second kappa shape index (κ2) is 6.42. The number of ether oxygens (including phenoxy) is 1. The third-order valence-electron chi connectivity index (χ3n) is 4.27. The minimum Gasteiger partial charge on any atom is -0.489 e. The lowest BCUT2D eigenvalue weighted by molar-refractivity contribution is 0.0986. The summed E-state index contributed by atoms with van der Waals surface area (Å²) in [6, 6.07) is 6.57. The van der Waals surface area contributed by atoms with E-state index in [0.29, 0.717) is 0 Å². The maximum Gasteiger partial charge on any atom is 0.122 e. The number of rotatable bonds is 4. The van der Waals surface area contributed by atoms with Crippen LogP contribution in [0.3, 0.4) is 0 Å². The van der Waals surface area contributed by atoms with Crippen LogP contribution in [0.1, 0.15) is 50.2 Å².